The maximum absolute atomic E-state index is 16.0. The highest BCUT2D eigenvalue weighted by molar-refractivity contribution is 5.97. The number of ether oxygens (including phenoxy) is 3. The Hall–Kier alpha value is -4.92. The first-order valence-electron chi connectivity index (χ1n) is 16.9. The number of carbonyl (C=O) groups is 3. The van der Waals surface area contributed by atoms with Gasteiger partial charge in [-0.2, -0.15) is 0 Å². The number of anilines is 2. The van der Waals surface area contributed by atoms with Crippen molar-refractivity contribution in [2.45, 2.75) is 50.8 Å². The third kappa shape index (κ3) is 6.30. The van der Waals surface area contributed by atoms with Crippen molar-refractivity contribution in [2.75, 3.05) is 62.8 Å². The zero-order valence-corrected chi connectivity index (χ0v) is 27.8. The molecule has 50 heavy (non-hydrogen) atoms. The molecule has 0 radical (unpaired) electrons. The van der Waals surface area contributed by atoms with E-state index in [0.29, 0.717) is 36.8 Å². The summed E-state index contributed by atoms with van der Waals surface area (Å²) in [4.78, 5) is 54.0. The van der Waals surface area contributed by atoms with Crippen molar-refractivity contribution in [3.63, 3.8) is 0 Å². The summed E-state index contributed by atoms with van der Waals surface area (Å²) in [6.07, 6.45) is 3.61. The first-order chi connectivity index (χ1) is 24.0. The molecule has 1 saturated carbocycles. The molecule has 7 rings (SSSR count). The molecule has 0 unspecified atom stereocenters. The van der Waals surface area contributed by atoms with Gasteiger partial charge in [0.1, 0.15) is 24.0 Å². The summed E-state index contributed by atoms with van der Waals surface area (Å²) in [6.45, 7) is 4.32. The van der Waals surface area contributed by atoms with Gasteiger partial charge in [0.05, 0.1) is 36.8 Å². The number of cyclic esters (lactones) is 1. The molecule has 2 N–H and O–H groups in total. The van der Waals surface area contributed by atoms with Gasteiger partial charge in [-0.05, 0) is 56.3 Å². The van der Waals surface area contributed by atoms with Crippen LogP contribution in [0, 0.1) is 17.6 Å². The minimum atomic E-state index is -1.36. The maximum Gasteiger partial charge on any atom is 0.414 e. The second-order valence-corrected chi connectivity index (χ2v) is 13.4. The minimum absolute atomic E-state index is 0.00533. The molecule has 3 aromatic rings. The first kappa shape index (κ1) is 33.6. The van der Waals surface area contributed by atoms with E-state index in [1.165, 1.54) is 37.3 Å². The number of carboxylic acid groups (broad SMARTS) is 1. The highest BCUT2D eigenvalue weighted by Gasteiger charge is 2.40. The third-order valence-corrected chi connectivity index (χ3v) is 10.2. The number of fused-ring (bicyclic) bond motifs is 2. The number of nitrogens with zero attached hydrogens (tertiary/aromatic N) is 4. The molecule has 2 amide bonds. The topological polar surface area (TPSA) is 143 Å². The lowest BCUT2D eigenvalue weighted by Gasteiger charge is -2.40. The Balaban J connectivity index is 1.04. The van der Waals surface area contributed by atoms with E-state index >= 15 is 8.78 Å². The number of hydrogen-bond donors (Lipinski definition) is 2. The lowest BCUT2D eigenvalue weighted by atomic mass is 9.91. The molecule has 3 saturated heterocycles. The number of pyridine rings is 1. The fourth-order valence-corrected chi connectivity index (χ4v) is 7.58. The largest absolute Gasteiger partial charge is 0.492 e. The van der Waals surface area contributed by atoms with Gasteiger partial charge in [0.2, 0.25) is 11.3 Å². The number of carbonyl (C=O) groups excluding carboxylic acids is 2. The Kier molecular flexibility index (Phi) is 9.01. The van der Waals surface area contributed by atoms with E-state index in [4.69, 9.17) is 14.2 Å². The van der Waals surface area contributed by atoms with Crippen molar-refractivity contribution in [1.29, 1.82) is 0 Å². The van der Waals surface area contributed by atoms with Crippen LogP contribution in [0.15, 0.2) is 35.3 Å². The lowest BCUT2D eigenvalue weighted by molar-refractivity contribution is -0.119. The van der Waals surface area contributed by atoms with Crippen LogP contribution in [0.25, 0.3) is 10.9 Å². The summed E-state index contributed by atoms with van der Waals surface area (Å²) in [5.41, 5.74) is -0.166. The summed E-state index contributed by atoms with van der Waals surface area (Å²) < 4.78 is 49.7. The number of methoxy groups -OCH3 is 1. The summed E-state index contributed by atoms with van der Waals surface area (Å²) in [5.74, 6) is -2.21. The molecule has 13 nitrogen and oxygen atoms in total. The van der Waals surface area contributed by atoms with Gasteiger partial charge in [-0.25, -0.2) is 18.4 Å². The molecule has 4 fully saturated rings. The summed E-state index contributed by atoms with van der Waals surface area (Å²) >= 11 is 0. The molecule has 3 aliphatic heterocycles. The number of hydrogen-bond acceptors (Lipinski definition) is 9. The van der Waals surface area contributed by atoms with Crippen LogP contribution in [0.3, 0.4) is 0 Å². The first-order valence-corrected chi connectivity index (χ1v) is 16.9. The second kappa shape index (κ2) is 13.4. The minimum Gasteiger partial charge on any atom is -0.492 e. The molecular formula is C35H39F2N5O8. The summed E-state index contributed by atoms with van der Waals surface area (Å²) in [5, 5.41) is 12.2. The van der Waals surface area contributed by atoms with Crippen LogP contribution in [0.4, 0.5) is 25.0 Å². The summed E-state index contributed by atoms with van der Waals surface area (Å²) in [6, 6.07) is 5.51. The monoisotopic (exact) mass is 695 g/mol. The number of piperidine rings is 1. The van der Waals surface area contributed by atoms with Crippen molar-refractivity contribution >= 4 is 40.2 Å². The van der Waals surface area contributed by atoms with E-state index in [0.717, 1.165) is 38.3 Å². The number of carboxylic acids is 1. The molecule has 1 aromatic heterocycles. The van der Waals surface area contributed by atoms with E-state index in [2.05, 4.69) is 10.2 Å². The summed E-state index contributed by atoms with van der Waals surface area (Å²) in [7, 11) is 1.43. The van der Waals surface area contributed by atoms with Gasteiger partial charge in [-0.3, -0.25) is 19.4 Å². The Morgan fingerprint density at radius 1 is 1.06 bits per heavy atom. The van der Waals surface area contributed by atoms with E-state index in [9.17, 15) is 24.3 Å². The Morgan fingerprint density at radius 3 is 2.54 bits per heavy atom. The number of aromatic carboxylic acids is 1. The van der Waals surface area contributed by atoms with Gasteiger partial charge < -0.3 is 34.1 Å². The molecule has 0 spiro atoms. The van der Waals surface area contributed by atoms with E-state index < -0.39 is 40.8 Å². The van der Waals surface area contributed by atoms with Crippen LogP contribution >= 0.6 is 0 Å². The SMILES string of the molecule is COc1c(N2CC[C@@H]3CCN(CCOc4ccc(N5C[C@H](CNC(C)=O)OC5=O)cc4F)[C@@H]3C2)c(F)cc2c(=O)c(C(=O)O)cn(C3CC3)c12. The van der Waals surface area contributed by atoms with Crippen molar-refractivity contribution in [3.05, 3.63) is 57.9 Å². The van der Waals surface area contributed by atoms with Crippen LogP contribution in [-0.2, 0) is 9.53 Å². The Bertz CT molecular complexity index is 1920. The number of halogens is 2. The number of rotatable bonds is 11. The van der Waals surface area contributed by atoms with Crippen LogP contribution in [0.5, 0.6) is 11.5 Å². The van der Waals surface area contributed by atoms with E-state index in [1.807, 2.05) is 4.90 Å². The fraction of sp³-hybridized carbons (Fsp3) is 0.486. The van der Waals surface area contributed by atoms with Gasteiger partial charge >= 0.3 is 12.1 Å². The van der Waals surface area contributed by atoms with Crippen LogP contribution in [0.2, 0.25) is 0 Å². The number of amides is 2. The lowest BCUT2D eigenvalue weighted by Crippen LogP contribution is -2.49. The molecule has 1 aliphatic carbocycles. The Labute approximate surface area is 286 Å². The fourth-order valence-electron chi connectivity index (χ4n) is 7.58. The molecule has 3 atom stereocenters. The number of aromatic nitrogens is 1. The van der Waals surface area contributed by atoms with Gasteiger partial charge in [0.25, 0.3) is 0 Å². The van der Waals surface area contributed by atoms with Crippen molar-refractivity contribution < 1.29 is 42.5 Å². The molecule has 2 aromatic carbocycles. The zero-order chi connectivity index (χ0) is 35.3. The van der Waals surface area contributed by atoms with Crippen molar-refractivity contribution in [2.24, 2.45) is 5.92 Å². The van der Waals surface area contributed by atoms with Gasteiger partial charge in [-0.15, -0.1) is 0 Å². The second-order valence-electron chi connectivity index (χ2n) is 13.4. The molecule has 15 heteroatoms. The number of benzene rings is 2. The van der Waals surface area contributed by atoms with Crippen molar-refractivity contribution in [1.82, 2.24) is 14.8 Å². The highest BCUT2D eigenvalue weighted by atomic mass is 19.1. The van der Waals surface area contributed by atoms with Crippen LogP contribution in [0.1, 0.15) is 49.0 Å². The smallest absolute Gasteiger partial charge is 0.414 e. The normalized spacial score (nSPS) is 22.1. The zero-order valence-electron chi connectivity index (χ0n) is 27.8. The molecule has 266 valence electrons. The third-order valence-electron chi connectivity index (χ3n) is 10.2. The predicted octanol–water partition coefficient (Wildman–Crippen LogP) is 3.76. The number of likely N-dealkylation sites (tertiary alicyclic amines) is 1. The molecule has 4 heterocycles. The average Bonchev–Trinajstić information content (AvgIpc) is 3.75. The standard InChI is InChI=1S/C35H39F2N5O8/c1-19(43)38-15-23-16-42(35(47)50-23)22-5-6-29(26(36)13-22)49-12-11-39-9-7-20-8-10-40(18-28(20)39)31-27(37)14-24-30(33(31)48-2)41(21-3-4-21)17-25(32(24)44)34(45)46/h5-6,13-14,17,20-21,23,28H,3-4,7-12,15-16,18H2,1-2H3,(H,38,43)(H,45,46)/t20-,23-,28+/m0/s1. The van der Waals surface area contributed by atoms with E-state index in [1.54, 1.807) is 10.6 Å². The molecular weight excluding hydrogens is 656 g/mol. The predicted molar refractivity (Wildman–Crippen MR) is 178 cm³/mol. The van der Waals surface area contributed by atoms with Crippen LogP contribution < -0.4 is 30.0 Å². The van der Waals surface area contributed by atoms with Crippen molar-refractivity contribution in [3.8, 4) is 11.5 Å². The van der Waals surface area contributed by atoms with Crippen LogP contribution in [-0.4, -0.2) is 97.7 Å². The van der Waals surface area contributed by atoms with Gasteiger partial charge in [0.15, 0.2) is 23.1 Å². The Morgan fingerprint density at radius 2 is 1.84 bits per heavy atom. The average molecular weight is 696 g/mol. The maximum atomic E-state index is 16.0. The highest BCUT2D eigenvalue weighted by Crippen LogP contribution is 2.45. The quantitative estimate of drug-likeness (QED) is 0.305. The van der Waals surface area contributed by atoms with E-state index in [-0.39, 0.29) is 60.3 Å². The molecule has 0 bridgehead atoms. The van der Waals surface area contributed by atoms with Gasteiger partial charge in [0, 0.05) is 50.9 Å². The molecule has 4 aliphatic rings. The number of nitrogens with one attached hydrogen (secondary N) is 1. The van der Waals surface area contributed by atoms with Gasteiger partial charge in [-0.1, -0.05) is 0 Å².